The zero-order chi connectivity index (χ0) is 34.1. The zero-order valence-electron chi connectivity index (χ0n) is 29.3. The maximum absolute atomic E-state index is 11.9. The molecule has 2 fully saturated rings. The van der Waals surface area contributed by atoms with Gasteiger partial charge in [-0.15, -0.1) is 0 Å². The molecule has 0 heterocycles. The van der Waals surface area contributed by atoms with Crippen molar-refractivity contribution < 1.29 is 34.0 Å². The summed E-state index contributed by atoms with van der Waals surface area (Å²) in [4.78, 5) is 23.9. The number of rotatable bonds is 21. The van der Waals surface area contributed by atoms with Gasteiger partial charge >= 0.3 is 11.9 Å². The molecular formula is C39H62O7Si. The summed E-state index contributed by atoms with van der Waals surface area (Å²) in [6.45, 7) is 11.7. The molecule has 0 radical (unpaired) electrons. The van der Waals surface area contributed by atoms with Gasteiger partial charge in [0, 0.05) is 0 Å². The van der Waals surface area contributed by atoms with E-state index in [9.17, 15) is 9.59 Å². The first-order valence-electron chi connectivity index (χ1n) is 18.3. The third kappa shape index (κ3) is 13.5. The van der Waals surface area contributed by atoms with E-state index in [0.29, 0.717) is 24.6 Å². The number of aliphatic hydroxyl groups excluding tert-OH is 2. The van der Waals surface area contributed by atoms with Gasteiger partial charge in [0.1, 0.15) is 5.75 Å². The normalized spacial score (nSPS) is 21.5. The maximum atomic E-state index is 11.9. The highest BCUT2D eigenvalue weighted by atomic mass is 28.3. The highest BCUT2D eigenvalue weighted by Gasteiger charge is 2.31. The summed E-state index contributed by atoms with van der Waals surface area (Å²) in [6.07, 6.45) is 17.7. The Bertz CT molecular complexity index is 1070. The van der Waals surface area contributed by atoms with E-state index in [1.165, 1.54) is 82.6 Å². The van der Waals surface area contributed by atoms with Gasteiger partial charge in [-0.05, 0) is 98.4 Å². The van der Waals surface area contributed by atoms with Gasteiger partial charge in [-0.3, -0.25) is 0 Å². The van der Waals surface area contributed by atoms with E-state index < -0.39 is 33.2 Å². The minimum atomic E-state index is -1.99. The van der Waals surface area contributed by atoms with Crippen LogP contribution in [0.5, 0.6) is 5.75 Å². The van der Waals surface area contributed by atoms with Crippen LogP contribution in [0.25, 0.3) is 0 Å². The molecule has 1 aromatic rings. The molecule has 0 saturated heterocycles. The van der Waals surface area contributed by atoms with Gasteiger partial charge in [0.2, 0.25) is 0 Å². The smallest absolute Gasteiger partial charge is 0.335 e. The highest BCUT2D eigenvalue weighted by molar-refractivity contribution is 6.78. The molecule has 264 valence electrons. The molecule has 0 atom stereocenters. The number of aliphatic hydroxyl groups is 2. The molecule has 7 nitrogen and oxygen atoms in total. The molecule has 2 aliphatic rings. The van der Waals surface area contributed by atoms with E-state index in [1.54, 1.807) is 0 Å². The average molecular weight is 671 g/mol. The number of unbranched alkanes of at least 4 members (excludes halogenated alkanes) is 2. The fraction of sp³-hybridized carbons (Fsp3) is 0.692. The van der Waals surface area contributed by atoms with Crippen molar-refractivity contribution in [2.45, 2.75) is 121 Å². The van der Waals surface area contributed by atoms with Gasteiger partial charge in [-0.2, -0.15) is 0 Å². The Labute approximate surface area is 285 Å². The van der Waals surface area contributed by atoms with Gasteiger partial charge in [-0.1, -0.05) is 83.3 Å². The first-order chi connectivity index (χ1) is 22.7. The number of carbonyl (C=O) groups is 2. The highest BCUT2D eigenvalue weighted by Crippen LogP contribution is 2.44. The number of hydrogen-bond donors (Lipinski definition) is 2. The minimum absolute atomic E-state index is 0.0300. The van der Waals surface area contributed by atoms with E-state index in [4.69, 9.17) is 24.4 Å². The number of ether oxygens (including phenoxy) is 3. The van der Waals surface area contributed by atoms with Crippen molar-refractivity contribution in [1.29, 1.82) is 0 Å². The van der Waals surface area contributed by atoms with Gasteiger partial charge in [-0.25, -0.2) is 9.59 Å². The second-order valence-corrected chi connectivity index (χ2v) is 19.6. The van der Waals surface area contributed by atoms with Crippen molar-refractivity contribution in [3.05, 3.63) is 54.1 Å². The largest absolute Gasteiger partial charge is 0.494 e. The summed E-state index contributed by atoms with van der Waals surface area (Å²) < 4.78 is 16.8. The van der Waals surface area contributed by atoms with Crippen LogP contribution in [0.4, 0.5) is 0 Å². The third-order valence-electron chi connectivity index (χ3n) is 10.9. The van der Waals surface area contributed by atoms with Gasteiger partial charge in [0.05, 0.1) is 52.3 Å². The van der Waals surface area contributed by atoms with Crippen molar-refractivity contribution in [3.63, 3.8) is 0 Å². The molecular weight excluding hydrogens is 609 g/mol. The summed E-state index contributed by atoms with van der Waals surface area (Å²) >= 11 is 0. The van der Waals surface area contributed by atoms with Crippen molar-refractivity contribution in [1.82, 2.24) is 0 Å². The predicted octanol–water partition coefficient (Wildman–Crippen LogP) is 8.38. The van der Waals surface area contributed by atoms with Gasteiger partial charge < -0.3 is 24.4 Å². The van der Waals surface area contributed by atoms with Crippen LogP contribution < -0.4 is 4.74 Å². The Morgan fingerprint density at radius 3 is 1.79 bits per heavy atom. The van der Waals surface area contributed by atoms with Crippen LogP contribution in [0.15, 0.2) is 48.6 Å². The van der Waals surface area contributed by atoms with Gasteiger partial charge in [0.15, 0.2) is 0 Å². The summed E-state index contributed by atoms with van der Waals surface area (Å²) in [7, 11) is -1.99. The van der Waals surface area contributed by atoms with Crippen molar-refractivity contribution in [3.8, 4) is 5.75 Å². The maximum Gasteiger partial charge on any atom is 0.335 e. The lowest BCUT2D eigenvalue weighted by atomic mass is 9.68. The molecule has 2 saturated carbocycles. The molecule has 47 heavy (non-hydrogen) atoms. The number of benzene rings is 1. The van der Waals surface area contributed by atoms with Crippen LogP contribution in [0.2, 0.25) is 24.7 Å². The molecule has 2 N–H and O–H groups in total. The number of hydrogen-bond acceptors (Lipinski definition) is 7. The Hall–Kier alpha value is -2.42. The van der Waals surface area contributed by atoms with E-state index in [2.05, 4.69) is 50.9 Å². The molecule has 0 unspecified atom stereocenters. The van der Waals surface area contributed by atoms with Crippen LogP contribution in [0, 0.1) is 17.8 Å². The molecule has 0 bridgehead atoms. The zero-order valence-corrected chi connectivity index (χ0v) is 30.3. The monoisotopic (exact) mass is 670 g/mol. The van der Waals surface area contributed by atoms with Crippen LogP contribution in [-0.4, -0.2) is 63.3 Å². The molecule has 0 spiro atoms. The second-order valence-electron chi connectivity index (χ2n) is 14.5. The second kappa shape index (κ2) is 20.8. The SMILES string of the molecule is C=C(CO)C(=O)OCC[Si](C)(CCCOc1ccc(C2CCC(C3CCC(CCCCC)CC3)CC2)cc1)CCOC(=O)C(=C)CO. The topological polar surface area (TPSA) is 102 Å². The van der Waals surface area contributed by atoms with Crippen molar-refractivity contribution in [2.24, 2.45) is 17.8 Å². The van der Waals surface area contributed by atoms with E-state index >= 15 is 0 Å². The molecule has 3 rings (SSSR count). The Morgan fingerprint density at radius 2 is 1.28 bits per heavy atom. The predicted molar refractivity (Wildman–Crippen MR) is 191 cm³/mol. The Kier molecular flexibility index (Phi) is 17.3. The Balaban J connectivity index is 1.40. The lowest BCUT2D eigenvalue weighted by molar-refractivity contribution is -0.139. The number of carbonyl (C=O) groups excluding carboxylic acids is 2. The molecule has 0 amide bonds. The van der Waals surface area contributed by atoms with Crippen molar-refractivity contribution in [2.75, 3.05) is 33.0 Å². The molecule has 1 aromatic carbocycles. The molecule has 0 aliphatic heterocycles. The molecule has 0 aromatic heterocycles. The number of esters is 2. The van der Waals surface area contributed by atoms with Crippen LogP contribution in [0.3, 0.4) is 0 Å². The fourth-order valence-electron chi connectivity index (χ4n) is 7.57. The Morgan fingerprint density at radius 1 is 0.745 bits per heavy atom. The summed E-state index contributed by atoms with van der Waals surface area (Å²) in [6, 6.07) is 11.0. The van der Waals surface area contributed by atoms with Gasteiger partial charge in [0.25, 0.3) is 0 Å². The lowest BCUT2D eigenvalue weighted by Crippen LogP contribution is -2.34. The summed E-state index contributed by atoms with van der Waals surface area (Å²) in [5, 5.41) is 18.2. The average Bonchev–Trinajstić information content (AvgIpc) is 3.10. The standard InChI is InChI=1S/C39H62O7Si/c1-5-6-7-9-32-10-12-33(13-11-32)34-14-16-35(17-15-34)36-18-20-37(21-19-36)44-22-8-25-47(4,26-23-45-38(42)30(2)28-40)27-24-46-39(43)31(3)29-41/h18-21,32-35,40-41H,2-3,5-17,22-29H2,1,4H3. The quantitative estimate of drug-likeness (QED) is 0.0586. The summed E-state index contributed by atoms with van der Waals surface area (Å²) in [5.41, 5.74) is 1.50. The lowest BCUT2D eigenvalue weighted by Gasteiger charge is -2.38. The minimum Gasteiger partial charge on any atom is -0.494 e. The first-order valence-corrected chi connectivity index (χ1v) is 21.4. The summed E-state index contributed by atoms with van der Waals surface area (Å²) in [5.74, 6) is 3.24. The van der Waals surface area contributed by atoms with E-state index in [0.717, 1.165) is 36.0 Å². The molecule has 8 heteroatoms. The van der Waals surface area contributed by atoms with Crippen LogP contribution in [0.1, 0.15) is 102 Å². The first kappa shape index (κ1) is 39.0. The van der Waals surface area contributed by atoms with Crippen LogP contribution in [-0.2, 0) is 19.1 Å². The fourth-order valence-corrected chi connectivity index (χ4v) is 10.5. The molecule has 2 aliphatic carbocycles. The third-order valence-corrected chi connectivity index (χ3v) is 15.3. The van der Waals surface area contributed by atoms with E-state index in [-0.39, 0.29) is 24.4 Å². The van der Waals surface area contributed by atoms with Crippen molar-refractivity contribution >= 4 is 20.0 Å². The van der Waals surface area contributed by atoms with Crippen LogP contribution >= 0.6 is 0 Å². The van der Waals surface area contributed by atoms with E-state index in [1.807, 2.05) is 0 Å².